The van der Waals surface area contributed by atoms with E-state index in [4.69, 9.17) is 5.73 Å². The summed E-state index contributed by atoms with van der Waals surface area (Å²) in [6.45, 7) is 4.86. The average Bonchev–Trinajstić information content (AvgIpc) is 3.20. The molecule has 0 saturated heterocycles. The van der Waals surface area contributed by atoms with Crippen molar-refractivity contribution in [2.24, 2.45) is 11.1 Å². The van der Waals surface area contributed by atoms with Crippen molar-refractivity contribution in [3.05, 3.63) is 53.4 Å². The van der Waals surface area contributed by atoms with Gasteiger partial charge in [-0.25, -0.2) is 0 Å². The Hall–Kier alpha value is -1.41. The maximum absolute atomic E-state index is 5.36. The van der Waals surface area contributed by atoms with Crippen LogP contribution >= 0.6 is 0 Å². The molecule has 2 aliphatic rings. The molecule has 2 aliphatic carbocycles. The molecule has 3 rings (SSSR count). The Balaban J connectivity index is 0.000000141. The predicted octanol–water partition coefficient (Wildman–Crippen LogP) is 3.91. The van der Waals surface area contributed by atoms with Gasteiger partial charge in [-0.1, -0.05) is 31.2 Å². The van der Waals surface area contributed by atoms with Gasteiger partial charge in [0.15, 0.2) is 0 Å². The summed E-state index contributed by atoms with van der Waals surface area (Å²) in [4.78, 5) is 4.17. The van der Waals surface area contributed by atoms with Crippen molar-refractivity contribution >= 4 is 0 Å². The molecule has 0 spiro atoms. The van der Waals surface area contributed by atoms with Crippen LogP contribution in [0.5, 0.6) is 0 Å². The van der Waals surface area contributed by atoms with E-state index in [2.05, 4.69) is 30.1 Å². The van der Waals surface area contributed by atoms with Gasteiger partial charge in [0.1, 0.15) is 0 Å². The summed E-state index contributed by atoms with van der Waals surface area (Å²) in [5, 5.41) is 0. The van der Waals surface area contributed by atoms with Crippen LogP contribution in [0, 0.1) is 12.3 Å². The number of nitrogens with zero attached hydrogens (tertiary/aromatic N) is 1. The maximum atomic E-state index is 5.36. The van der Waals surface area contributed by atoms with Crippen molar-refractivity contribution in [1.29, 1.82) is 0 Å². The lowest BCUT2D eigenvalue weighted by molar-refractivity contribution is 0.697. The third-order valence-corrected chi connectivity index (χ3v) is 3.85. The number of hydrogen-bond acceptors (Lipinski definition) is 2. The van der Waals surface area contributed by atoms with Crippen LogP contribution in [0.1, 0.15) is 44.0 Å². The first-order valence-electron chi connectivity index (χ1n) is 7.14. The zero-order valence-electron chi connectivity index (χ0n) is 12.0. The molecule has 1 fully saturated rings. The molecule has 0 unspecified atom stereocenters. The Bertz CT molecular complexity index is 482. The lowest BCUT2D eigenvalue weighted by Gasteiger charge is -2.12. The van der Waals surface area contributed by atoms with Crippen molar-refractivity contribution in [2.45, 2.75) is 46.1 Å². The van der Waals surface area contributed by atoms with Gasteiger partial charge in [0.2, 0.25) is 0 Å². The lowest BCUT2D eigenvalue weighted by Crippen LogP contribution is -1.99. The molecule has 0 bridgehead atoms. The number of aromatic nitrogens is 1. The van der Waals surface area contributed by atoms with Gasteiger partial charge in [-0.3, -0.25) is 4.98 Å². The normalized spacial score (nSPS) is 19.2. The van der Waals surface area contributed by atoms with Crippen LogP contribution < -0.4 is 5.73 Å². The fourth-order valence-corrected chi connectivity index (χ4v) is 2.25. The van der Waals surface area contributed by atoms with Gasteiger partial charge in [-0.2, -0.15) is 0 Å². The van der Waals surface area contributed by atoms with E-state index in [1.807, 2.05) is 25.1 Å². The van der Waals surface area contributed by atoms with Crippen molar-refractivity contribution in [1.82, 2.24) is 4.98 Å². The number of pyridine rings is 1. The Kier molecular flexibility index (Phi) is 4.54. The molecule has 2 N–H and O–H groups in total. The topological polar surface area (TPSA) is 38.9 Å². The van der Waals surface area contributed by atoms with Crippen molar-refractivity contribution in [2.75, 3.05) is 0 Å². The Morgan fingerprint density at radius 3 is 2.53 bits per heavy atom. The molecule has 19 heavy (non-hydrogen) atoms. The van der Waals surface area contributed by atoms with Crippen molar-refractivity contribution < 1.29 is 0 Å². The van der Waals surface area contributed by atoms with Crippen molar-refractivity contribution in [3.63, 3.8) is 0 Å². The summed E-state index contributed by atoms with van der Waals surface area (Å²) >= 11 is 0. The van der Waals surface area contributed by atoms with Crippen LogP contribution in [0.15, 0.2) is 42.0 Å². The summed E-state index contributed by atoms with van der Waals surface area (Å²) < 4.78 is 0. The molecular formula is C17H24N2. The largest absolute Gasteiger partial charge is 0.325 e. The van der Waals surface area contributed by atoms with Gasteiger partial charge in [0.05, 0.1) is 5.69 Å². The third kappa shape index (κ3) is 4.03. The third-order valence-electron chi connectivity index (χ3n) is 3.85. The summed E-state index contributed by atoms with van der Waals surface area (Å²) in [7, 11) is 0. The molecular weight excluding hydrogens is 232 g/mol. The highest BCUT2D eigenvalue weighted by atomic mass is 14.7. The molecule has 0 atom stereocenters. The first-order valence-corrected chi connectivity index (χ1v) is 7.14. The van der Waals surface area contributed by atoms with Gasteiger partial charge in [0, 0.05) is 12.2 Å². The lowest BCUT2D eigenvalue weighted by atomic mass is 9.93. The van der Waals surface area contributed by atoms with E-state index in [0.717, 1.165) is 11.4 Å². The van der Waals surface area contributed by atoms with E-state index in [9.17, 15) is 0 Å². The molecule has 1 aromatic heterocycles. The smallest absolute Gasteiger partial charge is 0.0542 e. The molecule has 1 aromatic rings. The summed E-state index contributed by atoms with van der Waals surface area (Å²) in [5.74, 6) is 0. The van der Waals surface area contributed by atoms with Gasteiger partial charge >= 0.3 is 0 Å². The van der Waals surface area contributed by atoms with Gasteiger partial charge in [0.25, 0.3) is 0 Å². The van der Waals surface area contributed by atoms with E-state index >= 15 is 0 Å². The van der Waals surface area contributed by atoms with E-state index < -0.39 is 0 Å². The van der Waals surface area contributed by atoms with Crippen LogP contribution in [-0.4, -0.2) is 4.98 Å². The minimum absolute atomic E-state index is 0.529. The molecule has 0 amide bonds. The van der Waals surface area contributed by atoms with E-state index in [-0.39, 0.29) is 0 Å². The first-order chi connectivity index (χ1) is 9.14. The molecule has 0 aliphatic heterocycles. The average molecular weight is 256 g/mol. The zero-order valence-corrected chi connectivity index (χ0v) is 12.0. The number of hydrogen-bond donors (Lipinski definition) is 1. The van der Waals surface area contributed by atoms with Crippen LogP contribution in [0.25, 0.3) is 0 Å². The Morgan fingerprint density at radius 2 is 2.05 bits per heavy atom. The number of rotatable bonds is 2. The highest BCUT2D eigenvalue weighted by Crippen LogP contribution is 2.52. The summed E-state index contributed by atoms with van der Waals surface area (Å²) in [5.41, 5.74) is 9.53. The van der Waals surface area contributed by atoms with Gasteiger partial charge < -0.3 is 5.73 Å². The molecule has 1 saturated carbocycles. The zero-order chi connectivity index (χ0) is 13.7. The van der Waals surface area contributed by atoms with Crippen LogP contribution in [0.2, 0.25) is 0 Å². The van der Waals surface area contributed by atoms with Gasteiger partial charge in [-0.15, -0.1) is 0 Å². The predicted molar refractivity (Wildman–Crippen MR) is 80.7 cm³/mol. The second kappa shape index (κ2) is 6.16. The van der Waals surface area contributed by atoms with Gasteiger partial charge in [-0.05, 0) is 55.7 Å². The van der Waals surface area contributed by atoms with Crippen LogP contribution in [-0.2, 0) is 6.54 Å². The van der Waals surface area contributed by atoms with Crippen molar-refractivity contribution in [3.8, 4) is 0 Å². The number of allylic oxidation sites excluding steroid dienone is 4. The minimum atomic E-state index is 0.529. The molecule has 2 nitrogen and oxygen atoms in total. The van der Waals surface area contributed by atoms with Crippen LogP contribution in [0.3, 0.4) is 0 Å². The Morgan fingerprint density at radius 1 is 1.26 bits per heavy atom. The SMILES string of the molecule is CC1(C2=CCCC=C2)CC1.Cc1cccc(CN)n1. The molecule has 0 radical (unpaired) electrons. The Labute approximate surface area is 116 Å². The number of aryl methyl sites for hydroxylation is 1. The second-order valence-corrected chi connectivity index (χ2v) is 5.67. The molecule has 0 aromatic carbocycles. The quantitative estimate of drug-likeness (QED) is 0.871. The summed E-state index contributed by atoms with van der Waals surface area (Å²) in [6, 6.07) is 5.84. The standard InChI is InChI=1S/C10H14.C7H10N2/c1-10(7-8-10)9-5-3-2-4-6-9;1-6-3-2-4-7(5-8)9-6/h3,5-6H,2,4,7-8H2,1H3;2-4H,5,8H2,1H3. The van der Waals surface area contributed by atoms with E-state index in [0.29, 0.717) is 12.0 Å². The fraction of sp³-hybridized carbons (Fsp3) is 0.471. The highest BCUT2D eigenvalue weighted by molar-refractivity contribution is 5.32. The first kappa shape index (κ1) is 14.0. The monoisotopic (exact) mass is 256 g/mol. The summed E-state index contributed by atoms with van der Waals surface area (Å²) in [6.07, 6.45) is 12.4. The molecule has 1 heterocycles. The minimum Gasteiger partial charge on any atom is -0.325 e. The molecule has 102 valence electrons. The van der Waals surface area contributed by atoms with Crippen LogP contribution in [0.4, 0.5) is 0 Å². The fourth-order valence-electron chi connectivity index (χ4n) is 2.25. The maximum Gasteiger partial charge on any atom is 0.0542 e. The highest BCUT2D eigenvalue weighted by Gasteiger charge is 2.39. The van der Waals surface area contributed by atoms with E-state index in [1.165, 1.54) is 25.7 Å². The van der Waals surface area contributed by atoms with E-state index in [1.54, 1.807) is 5.57 Å². The second-order valence-electron chi connectivity index (χ2n) is 5.67. The number of nitrogens with two attached hydrogens (primary N) is 1. The molecule has 2 heteroatoms.